The molecule has 166 valence electrons. The summed E-state index contributed by atoms with van der Waals surface area (Å²) < 4.78 is 6.41. The highest BCUT2D eigenvalue weighted by molar-refractivity contribution is 5.93. The number of phenols is 1. The third-order valence-corrected chi connectivity index (χ3v) is 5.91. The molecule has 1 aromatic heterocycles. The molecule has 0 bridgehead atoms. The summed E-state index contributed by atoms with van der Waals surface area (Å²) in [6.07, 6.45) is 5.43. The van der Waals surface area contributed by atoms with Crippen molar-refractivity contribution in [2.45, 2.75) is 46.1 Å². The summed E-state index contributed by atoms with van der Waals surface area (Å²) in [6.45, 7) is 11.1. The summed E-state index contributed by atoms with van der Waals surface area (Å²) in [5.41, 5.74) is 2.34. The Morgan fingerprint density at radius 3 is 2.55 bits per heavy atom. The highest BCUT2D eigenvalue weighted by Crippen LogP contribution is 2.45. The SMILES string of the molecule is CCNCCC1(CC)C=C(c2ccc(C(=O)N(CC)CC)nc2)c2c(O)cccc2O1. The van der Waals surface area contributed by atoms with E-state index in [1.807, 2.05) is 26.0 Å². The number of carbonyl (C=O) groups excluding carboxylic acids is 1. The Morgan fingerprint density at radius 2 is 1.94 bits per heavy atom. The van der Waals surface area contributed by atoms with Gasteiger partial charge in [0.25, 0.3) is 5.91 Å². The van der Waals surface area contributed by atoms with Crippen molar-refractivity contribution in [3.63, 3.8) is 0 Å². The number of aromatic hydroxyl groups is 1. The number of nitrogens with zero attached hydrogens (tertiary/aromatic N) is 2. The van der Waals surface area contributed by atoms with Crippen LogP contribution in [-0.4, -0.2) is 52.7 Å². The summed E-state index contributed by atoms with van der Waals surface area (Å²) >= 11 is 0. The Morgan fingerprint density at radius 1 is 1.16 bits per heavy atom. The van der Waals surface area contributed by atoms with Crippen LogP contribution >= 0.6 is 0 Å². The summed E-state index contributed by atoms with van der Waals surface area (Å²) in [5.74, 6) is 0.761. The van der Waals surface area contributed by atoms with Gasteiger partial charge in [-0.05, 0) is 63.2 Å². The lowest BCUT2D eigenvalue weighted by atomic mass is 9.85. The summed E-state index contributed by atoms with van der Waals surface area (Å²) in [5, 5.41) is 14.0. The predicted octanol–water partition coefficient (Wildman–Crippen LogP) is 4.24. The maximum Gasteiger partial charge on any atom is 0.272 e. The number of carbonyl (C=O) groups is 1. The molecule has 0 saturated carbocycles. The molecular formula is C25H33N3O3. The first kappa shape index (κ1) is 22.8. The minimum Gasteiger partial charge on any atom is -0.507 e. The fraction of sp³-hybridized carbons (Fsp3) is 0.440. The molecule has 1 aromatic carbocycles. The van der Waals surface area contributed by atoms with Crippen LogP contribution in [0.2, 0.25) is 0 Å². The number of hydrogen-bond donors (Lipinski definition) is 2. The molecule has 3 rings (SSSR count). The van der Waals surface area contributed by atoms with Crippen molar-refractivity contribution in [2.24, 2.45) is 0 Å². The first-order valence-electron chi connectivity index (χ1n) is 11.2. The van der Waals surface area contributed by atoms with Crippen LogP contribution in [0, 0.1) is 0 Å². The number of nitrogens with one attached hydrogen (secondary N) is 1. The molecule has 0 fully saturated rings. The van der Waals surface area contributed by atoms with Gasteiger partial charge in [0.05, 0.1) is 5.56 Å². The number of amides is 1. The number of aromatic nitrogens is 1. The van der Waals surface area contributed by atoms with Gasteiger partial charge in [0.1, 0.15) is 22.8 Å². The first-order valence-corrected chi connectivity index (χ1v) is 11.2. The zero-order valence-corrected chi connectivity index (χ0v) is 18.9. The van der Waals surface area contributed by atoms with Crippen LogP contribution in [0.1, 0.15) is 62.2 Å². The molecule has 6 heteroatoms. The van der Waals surface area contributed by atoms with Crippen molar-refractivity contribution in [3.8, 4) is 11.5 Å². The summed E-state index contributed by atoms with van der Waals surface area (Å²) in [6, 6.07) is 9.02. The monoisotopic (exact) mass is 423 g/mol. The number of pyridine rings is 1. The van der Waals surface area contributed by atoms with Crippen molar-refractivity contribution < 1.29 is 14.6 Å². The second-order valence-electron chi connectivity index (χ2n) is 7.74. The molecule has 1 unspecified atom stereocenters. The Labute approximate surface area is 185 Å². The molecule has 1 aliphatic heterocycles. The fourth-order valence-corrected chi connectivity index (χ4v) is 3.99. The van der Waals surface area contributed by atoms with Gasteiger partial charge in [0.15, 0.2) is 0 Å². The zero-order valence-electron chi connectivity index (χ0n) is 18.9. The largest absolute Gasteiger partial charge is 0.507 e. The second kappa shape index (κ2) is 9.96. The van der Waals surface area contributed by atoms with E-state index in [1.54, 1.807) is 29.3 Å². The number of rotatable bonds is 9. The fourth-order valence-electron chi connectivity index (χ4n) is 3.99. The maximum atomic E-state index is 12.6. The van der Waals surface area contributed by atoms with E-state index in [9.17, 15) is 9.90 Å². The van der Waals surface area contributed by atoms with Crippen molar-refractivity contribution in [2.75, 3.05) is 26.2 Å². The van der Waals surface area contributed by atoms with Crippen LogP contribution in [0.15, 0.2) is 42.6 Å². The molecule has 2 heterocycles. The average molecular weight is 424 g/mol. The Kier molecular flexibility index (Phi) is 7.33. The highest BCUT2D eigenvalue weighted by atomic mass is 16.5. The number of ether oxygens (including phenoxy) is 1. The van der Waals surface area contributed by atoms with Crippen LogP contribution in [-0.2, 0) is 0 Å². The number of phenolic OH excluding ortho intramolecular Hbond substituents is 1. The molecule has 1 aliphatic rings. The van der Waals surface area contributed by atoms with Crippen LogP contribution in [0.25, 0.3) is 5.57 Å². The first-order chi connectivity index (χ1) is 15.0. The second-order valence-corrected chi connectivity index (χ2v) is 7.74. The predicted molar refractivity (Wildman–Crippen MR) is 123 cm³/mol. The lowest BCUT2D eigenvalue weighted by Crippen LogP contribution is -2.39. The van der Waals surface area contributed by atoms with Gasteiger partial charge in [-0.15, -0.1) is 0 Å². The smallest absolute Gasteiger partial charge is 0.272 e. The van der Waals surface area contributed by atoms with Gasteiger partial charge >= 0.3 is 0 Å². The standard InChI is InChI=1S/C25H33N3O3/c1-5-25(14-15-26-6-2)16-19(23-21(29)10-9-11-22(23)31-25)18-12-13-20(27-17-18)24(30)28(7-3)8-4/h9-13,16-17,26,29H,5-8,14-15H2,1-4H3. The van der Waals surface area contributed by atoms with Crippen molar-refractivity contribution >= 4 is 11.5 Å². The van der Waals surface area contributed by atoms with Crippen LogP contribution in [0.5, 0.6) is 11.5 Å². The average Bonchev–Trinajstić information content (AvgIpc) is 2.79. The molecule has 0 spiro atoms. The Bertz CT molecular complexity index is 936. The van der Waals surface area contributed by atoms with Crippen molar-refractivity contribution in [1.82, 2.24) is 15.2 Å². The number of fused-ring (bicyclic) bond motifs is 1. The third-order valence-electron chi connectivity index (χ3n) is 5.91. The molecular weight excluding hydrogens is 390 g/mol. The normalized spacial score (nSPS) is 17.5. The lowest BCUT2D eigenvalue weighted by molar-refractivity contribution is 0.0767. The van der Waals surface area contributed by atoms with Crippen LogP contribution < -0.4 is 10.1 Å². The topological polar surface area (TPSA) is 74.7 Å². The third kappa shape index (κ3) is 4.74. The van der Waals surface area contributed by atoms with Crippen LogP contribution in [0.4, 0.5) is 0 Å². The van der Waals surface area contributed by atoms with Gasteiger partial charge in [-0.25, -0.2) is 0 Å². The summed E-state index contributed by atoms with van der Waals surface area (Å²) in [7, 11) is 0. The minimum atomic E-state index is -0.478. The molecule has 31 heavy (non-hydrogen) atoms. The van der Waals surface area contributed by atoms with E-state index in [0.717, 1.165) is 37.1 Å². The van der Waals surface area contributed by atoms with Crippen molar-refractivity contribution in [3.05, 3.63) is 59.4 Å². The Hall–Kier alpha value is -2.86. The summed E-state index contributed by atoms with van der Waals surface area (Å²) in [4.78, 5) is 18.8. The quantitative estimate of drug-likeness (QED) is 0.590. The molecule has 2 N–H and O–H groups in total. The molecule has 0 radical (unpaired) electrons. The van der Waals surface area contributed by atoms with Crippen LogP contribution in [0.3, 0.4) is 0 Å². The van der Waals surface area contributed by atoms with E-state index in [1.165, 1.54) is 0 Å². The van der Waals surface area contributed by atoms with Gasteiger partial charge in [0.2, 0.25) is 0 Å². The van der Waals surface area contributed by atoms with E-state index in [-0.39, 0.29) is 11.7 Å². The van der Waals surface area contributed by atoms with Gasteiger partial charge in [-0.1, -0.05) is 26.0 Å². The van der Waals surface area contributed by atoms with Crippen molar-refractivity contribution in [1.29, 1.82) is 0 Å². The van der Waals surface area contributed by atoms with E-state index in [0.29, 0.717) is 30.1 Å². The molecule has 1 atom stereocenters. The van der Waals surface area contributed by atoms with E-state index in [4.69, 9.17) is 4.74 Å². The highest BCUT2D eigenvalue weighted by Gasteiger charge is 2.35. The maximum absolute atomic E-state index is 12.6. The van der Waals surface area contributed by atoms with Gasteiger partial charge in [0, 0.05) is 31.3 Å². The van der Waals surface area contributed by atoms with E-state index in [2.05, 4.69) is 30.2 Å². The minimum absolute atomic E-state index is 0.0747. The molecule has 0 saturated heterocycles. The number of benzene rings is 1. The Balaban J connectivity index is 2.02. The molecule has 1 amide bonds. The molecule has 2 aromatic rings. The molecule has 0 aliphatic carbocycles. The van der Waals surface area contributed by atoms with E-state index >= 15 is 0 Å². The van der Waals surface area contributed by atoms with Gasteiger partial charge in [-0.2, -0.15) is 0 Å². The van der Waals surface area contributed by atoms with Gasteiger partial charge in [-0.3, -0.25) is 9.78 Å². The van der Waals surface area contributed by atoms with E-state index < -0.39 is 5.60 Å². The molecule has 6 nitrogen and oxygen atoms in total. The van der Waals surface area contributed by atoms with Gasteiger partial charge < -0.3 is 20.1 Å². The lowest BCUT2D eigenvalue weighted by Gasteiger charge is -2.37. The number of hydrogen-bond acceptors (Lipinski definition) is 5. The zero-order chi connectivity index (χ0) is 22.4.